The van der Waals surface area contributed by atoms with E-state index >= 15 is 0 Å². The number of fused-ring (bicyclic) bond motifs is 4. The van der Waals surface area contributed by atoms with Crippen LogP contribution in [-0.4, -0.2) is 111 Å². The van der Waals surface area contributed by atoms with Crippen molar-refractivity contribution in [3.05, 3.63) is 234 Å². The number of aromatic nitrogens is 20. The van der Waals surface area contributed by atoms with E-state index in [1.165, 1.54) is 89.6 Å². The van der Waals surface area contributed by atoms with Crippen molar-refractivity contribution >= 4 is 108 Å². The first kappa shape index (κ1) is 76.2. The van der Waals surface area contributed by atoms with Crippen LogP contribution in [0.4, 0.5) is 117 Å². The first-order chi connectivity index (χ1) is 54.0. The lowest BCUT2D eigenvalue weighted by Gasteiger charge is -2.10. The Balaban J connectivity index is 0.000000132. The number of nitrogens with two attached hydrogens (primary N) is 3. The zero-order chi connectivity index (χ0) is 80.0. The van der Waals surface area contributed by atoms with E-state index in [2.05, 4.69) is 111 Å². The maximum absolute atomic E-state index is 14.0. The zero-order valence-electron chi connectivity index (χ0n) is 58.6. The fraction of sp³-hybridized carbons (Fsp3) is 0.111. The molecule has 0 spiro atoms. The first-order valence-corrected chi connectivity index (χ1v) is 33.0. The number of nitrogen functional groups attached to an aromatic ring is 3. The Bertz CT molecular complexity index is 6100. The molecule has 0 aliphatic rings. The lowest BCUT2D eigenvalue weighted by Crippen LogP contribution is -2.10. The number of ether oxygens (including phenoxy) is 2. The van der Waals surface area contributed by atoms with Crippen LogP contribution in [0.3, 0.4) is 0 Å². The van der Waals surface area contributed by atoms with E-state index in [9.17, 15) is 52.7 Å². The molecule has 0 saturated heterocycles. The van der Waals surface area contributed by atoms with Gasteiger partial charge in [0.1, 0.15) is 45.8 Å². The summed E-state index contributed by atoms with van der Waals surface area (Å²) in [5.74, 6) is 2.69. The molecule has 0 saturated carbocycles. The predicted octanol–water partition coefficient (Wildman–Crippen LogP) is 15.3. The number of halogens is 12. The van der Waals surface area contributed by atoms with E-state index in [0.29, 0.717) is 74.8 Å². The monoisotopic (exact) mass is 1560 g/mol. The Kier molecular flexibility index (Phi) is 21.6. The molecule has 0 aliphatic carbocycles. The van der Waals surface area contributed by atoms with Crippen LogP contribution in [0.2, 0.25) is 0 Å². The summed E-state index contributed by atoms with van der Waals surface area (Å²) in [5, 5.41) is 19.6. The van der Waals surface area contributed by atoms with Gasteiger partial charge in [-0.05, 0) is 161 Å². The minimum atomic E-state index is -4.43. The number of nitrogens with one attached hydrogen (secondary N) is 4. The van der Waals surface area contributed by atoms with E-state index < -0.39 is 48.3 Å². The number of benzene rings is 8. The van der Waals surface area contributed by atoms with Crippen molar-refractivity contribution < 1.29 is 62.2 Å². The highest BCUT2D eigenvalue weighted by Crippen LogP contribution is 2.34. The summed E-state index contributed by atoms with van der Waals surface area (Å²) >= 11 is 0. The molecule has 0 aliphatic heterocycles. The third kappa shape index (κ3) is 17.9. The molecule has 0 unspecified atom stereocenters. The summed E-state index contributed by atoms with van der Waals surface area (Å²) in [4.78, 5) is 59.1. The van der Waals surface area contributed by atoms with Crippen LogP contribution in [0.1, 0.15) is 34.4 Å². The number of hydrogen-bond donors (Lipinski definition) is 7. The van der Waals surface area contributed by atoms with E-state index in [1.54, 1.807) is 57.9 Å². The van der Waals surface area contributed by atoms with Crippen molar-refractivity contribution in [2.75, 3.05) is 38.5 Å². The molecular weight excluding hydrogens is 1500 g/mol. The summed E-state index contributed by atoms with van der Waals surface area (Å²) in [6.45, 7) is 1.19. The molecule has 29 nitrogen and oxygen atoms in total. The fourth-order valence-electron chi connectivity index (χ4n) is 11.2. The normalized spacial score (nSPS) is 11.5. The largest absolute Gasteiger partial charge is 0.435 e. The molecule has 16 rings (SSSR count). The Morgan fingerprint density at radius 2 is 0.726 bits per heavy atom. The molecule has 0 bridgehead atoms. The second-order valence-corrected chi connectivity index (χ2v) is 23.7. The van der Waals surface area contributed by atoms with E-state index in [4.69, 9.17) is 17.2 Å². The molecule has 41 heteroatoms. The van der Waals surface area contributed by atoms with E-state index in [1.807, 2.05) is 62.4 Å². The highest BCUT2D eigenvalue weighted by Gasteiger charge is 2.31. The van der Waals surface area contributed by atoms with E-state index in [0.717, 1.165) is 46.3 Å². The number of rotatable bonds is 16. The smallest absolute Gasteiger partial charge is 0.416 e. The Hall–Kier alpha value is -15.0. The molecule has 10 N–H and O–H groups in total. The molecule has 8 aromatic heterocycles. The van der Waals surface area contributed by atoms with Gasteiger partial charge in [0.2, 0.25) is 53.5 Å². The molecule has 0 radical (unpaired) electrons. The number of aryl methyl sites for hydroxylation is 4. The standard InChI is InChI=1S/C18H13F4N7.C18H14F3N7O.C18H13F3N6.C18H15F2N7O/c1-9-24-14-12(19)3-2-4-13(14)29(9)17-27-15(23)26-16(28-17)25-11-7-5-10(6-8-11)18(20,21)22;1-9-23-14-12(19)3-2-4-13(14)28(9)18-26-16(22)25-17(27-18)24-10-5-7-11(8-6-10)29-15(20)21;1-11-23-14-4-2-3-5-15(14)27(11)17-25-16(10-22-26-17)24-13-8-6-12(7-9-13)18(19,20)21;1-10-22-13-7-2-3-8-14(13)27(10)18-25-16(21)24-17(26-18)23-11-5-4-6-12(9-11)28-15(19)20/h2-8H,1H3,(H3,23,25,26,27,28);2-8,15H,1H3,(H3,22,24,25,26,27);2-10H,1H3,(H,24,25,26);2-9,15H,1H3,(H3,21,23,24,25,26). The van der Waals surface area contributed by atoms with Crippen molar-refractivity contribution in [1.29, 1.82) is 0 Å². The zero-order valence-corrected chi connectivity index (χ0v) is 58.6. The molecule has 0 atom stereocenters. The molecule has 16 aromatic rings. The second kappa shape index (κ2) is 32.1. The first-order valence-electron chi connectivity index (χ1n) is 33.0. The molecule has 574 valence electrons. The van der Waals surface area contributed by atoms with Gasteiger partial charge in [0, 0.05) is 28.8 Å². The average Bonchev–Trinajstić information content (AvgIpc) is 1.65. The van der Waals surface area contributed by atoms with Crippen molar-refractivity contribution in [3.63, 3.8) is 0 Å². The number of nitrogens with zero attached hydrogens (tertiary/aromatic N) is 20. The average molecular weight is 1560 g/mol. The van der Waals surface area contributed by atoms with Crippen molar-refractivity contribution in [1.82, 2.24) is 98.2 Å². The highest BCUT2D eigenvalue weighted by atomic mass is 19.4. The topological polar surface area (TPSA) is 371 Å². The van der Waals surface area contributed by atoms with Gasteiger partial charge >= 0.3 is 25.6 Å². The third-order valence-electron chi connectivity index (χ3n) is 15.9. The summed E-state index contributed by atoms with van der Waals surface area (Å²) in [7, 11) is 0. The summed E-state index contributed by atoms with van der Waals surface area (Å²) < 4.78 is 169. The second-order valence-electron chi connectivity index (χ2n) is 23.7. The summed E-state index contributed by atoms with van der Waals surface area (Å²) in [5.41, 5.74) is 22.2. The Labute approximate surface area is 627 Å². The van der Waals surface area contributed by atoms with Crippen LogP contribution in [0.25, 0.3) is 67.9 Å². The van der Waals surface area contributed by atoms with Crippen LogP contribution < -0.4 is 47.9 Å². The van der Waals surface area contributed by atoms with Crippen LogP contribution in [0.15, 0.2) is 188 Å². The minimum Gasteiger partial charge on any atom is -0.435 e. The van der Waals surface area contributed by atoms with Gasteiger partial charge in [0.25, 0.3) is 5.95 Å². The summed E-state index contributed by atoms with van der Waals surface area (Å²) in [6.07, 6.45) is -7.41. The van der Waals surface area contributed by atoms with Crippen LogP contribution >= 0.6 is 0 Å². The van der Waals surface area contributed by atoms with Crippen LogP contribution in [-0.2, 0) is 12.4 Å². The van der Waals surface area contributed by atoms with Gasteiger partial charge in [-0.2, -0.15) is 98.8 Å². The third-order valence-corrected chi connectivity index (χ3v) is 15.9. The van der Waals surface area contributed by atoms with Crippen molar-refractivity contribution in [2.45, 2.75) is 53.3 Å². The van der Waals surface area contributed by atoms with E-state index in [-0.39, 0.29) is 70.1 Å². The number of imidazole rings is 4. The van der Waals surface area contributed by atoms with Gasteiger partial charge < -0.3 is 47.9 Å². The maximum atomic E-state index is 14.0. The molecular formula is C72H55F12N27O2. The lowest BCUT2D eigenvalue weighted by atomic mass is 10.2. The lowest BCUT2D eigenvalue weighted by molar-refractivity contribution is -0.138. The predicted molar refractivity (Wildman–Crippen MR) is 392 cm³/mol. The van der Waals surface area contributed by atoms with Gasteiger partial charge in [0.05, 0.1) is 50.4 Å². The van der Waals surface area contributed by atoms with Crippen LogP contribution in [0, 0.1) is 39.3 Å². The van der Waals surface area contributed by atoms with Gasteiger partial charge in [-0.3, -0.25) is 18.3 Å². The number of anilines is 11. The van der Waals surface area contributed by atoms with Crippen molar-refractivity contribution in [2.24, 2.45) is 0 Å². The van der Waals surface area contributed by atoms with Gasteiger partial charge in [-0.25, -0.2) is 28.7 Å². The van der Waals surface area contributed by atoms with Crippen molar-refractivity contribution in [3.8, 4) is 35.3 Å². The number of alkyl halides is 10. The quantitative estimate of drug-likeness (QED) is 0.0442. The van der Waals surface area contributed by atoms with Gasteiger partial charge in [0.15, 0.2) is 17.5 Å². The fourth-order valence-corrected chi connectivity index (χ4v) is 11.2. The Morgan fingerprint density at radius 1 is 0.354 bits per heavy atom. The summed E-state index contributed by atoms with van der Waals surface area (Å²) in [6, 6.07) is 45.0. The Morgan fingerprint density at radius 3 is 1.17 bits per heavy atom. The minimum absolute atomic E-state index is 0.00432. The molecule has 0 amide bonds. The van der Waals surface area contributed by atoms with Gasteiger partial charge in [-0.15, -0.1) is 5.10 Å². The SMILES string of the molecule is Cc1nc2c(F)cccc2n1-c1nc(N)nc(Nc2ccc(C(F)(F)F)cc2)n1.Cc1nc2c(F)cccc2n1-c1nc(N)nc(Nc2ccc(OC(F)F)cc2)n1.Cc1nc2ccccc2n1-c1nc(N)nc(Nc2cccc(OC(F)F)c2)n1.Cc1nc2ccccc2n1-c1nncc(Nc2ccc(C(F)(F)F)cc2)n1. The molecule has 8 heterocycles. The maximum Gasteiger partial charge on any atom is 0.416 e. The molecule has 113 heavy (non-hydrogen) atoms. The number of para-hydroxylation sites is 6. The number of hydrogen-bond acceptors (Lipinski definition) is 25. The highest BCUT2D eigenvalue weighted by molar-refractivity contribution is 5.81. The molecule has 8 aromatic carbocycles. The van der Waals surface area contributed by atoms with Crippen LogP contribution in [0.5, 0.6) is 11.5 Å². The van der Waals surface area contributed by atoms with Gasteiger partial charge in [-0.1, -0.05) is 42.5 Å². The molecule has 0 fully saturated rings.